The van der Waals surface area contributed by atoms with Crippen molar-refractivity contribution in [1.82, 2.24) is 10.3 Å². The van der Waals surface area contributed by atoms with Crippen molar-refractivity contribution in [2.45, 2.75) is 19.0 Å². The summed E-state index contributed by atoms with van der Waals surface area (Å²) in [4.78, 5) is 9.30. The second-order valence-electron chi connectivity index (χ2n) is 6.14. The third-order valence-corrected chi connectivity index (χ3v) is 5.89. The number of nitrogens with one attached hydrogen (secondary N) is 1. The van der Waals surface area contributed by atoms with Crippen molar-refractivity contribution in [2.24, 2.45) is 0 Å². The SMILES string of the molecule is COc1ccc(N2C(=S)NC(c3ccccn3)C2c2ccc(C)s2)cc1. The zero-order valence-corrected chi connectivity index (χ0v) is 16.2. The minimum atomic E-state index is 0.00357. The van der Waals surface area contributed by atoms with E-state index in [9.17, 15) is 0 Å². The molecule has 0 amide bonds. The van der Waals surface area contributed by atoms with Gasteiger partial charge in [-0.25, -0.2) is 0 Å². The Hall–Kier alpha value is -2.44. The summed E-state index contributed by atoms with van der Waals surface area (Å²) < 4.78 is 5.29. The van der Waals surface area contributed by atoms with E-state index in [1.165, 1.54) is 9.75 Å². The van der Waals surface area contributed by atoms with Crippen LogP contribution in [0.25, 0.3) is 0 Å². The van der Waals surface area contributed by atoms with Gasteiger partial charge in [0.05, 0.1) is 24.9 Å². The van der Waals surface area contributed by atoms with Crippen molar-refractivity contribution in [3.8, 4) is 5.75 Å². The van der Waals surface area contributed by atoms with Gasteiger partial charge in [-0.15, -0.1) is 11.3 Å². The molecule has 132 valence electrons. The summed E-state index contributed by atoms with van der Waals surface area (Å²) >= 11 is 7.50. The summed E-state index contributed by atoms with van der Waals surface area (Å²) in [6.45, 7) is 2.13. The number of thiocarbonyl (C=S) groups is 1. The highest BCUT2D eigenvalue weighted by Crippen LogP contribution is 2.43. The number of aryl methyl sites for hydroxylation is 1. The van der Waals surface area contributed by atoms with Crippen molar-refractivity contribution in [3.63, 3.8) is 0 Å². The first-order valence-corrected chi connectivity index (χ1v) is 9.61. The second kappa shape index (κ2) is 7.05. The smallest absolute Gasteiger partial charge is 0.174 e. The lowest BCUT2D eigenvalue weighted by atomic mass is 10.0. The van der Waals surface area contributed by atoms with Crippen LogP contribution in [0.1, 0.15) is 27.5 Å². The highest BCUT2D eigenvalue weighted by Gasteiger charge is 2.41. The van der Waals surface area contributed by atoms with Crippen LogP contribution >= 0.6 is 23.6 Å². The lowest BCUT2D eigenvalue weighted by Crippen LogP contribution is -2.28. The predicted octanol–water partition coefficient (Wildman–Crippen LogP) is 4.64. The minimum Gasteiger partial charge on any atom is -0.497 e. The fourth-order valence-corrected chi connectivity index (χ4v) is 4.63. The van der Waals surface area contributed by atoms with Gasteiger partial charge < -0.3 is 15.0 Å². The molecule has 1 N–H and O–H groups in total. The molecular weight excluding hydrogens is 362 g/mol. The number of ether oxygens (including phenoxy) is 1. The fraction of sp³-hybridized carbons (Fsp3) is 0.200. The maximum Gasteiger partial charge on any atom is 0.174 e. The number of benzene rings is 1. The Morgan fingerprint density at radius 3 is 2.54 bits per heavy atom. The quantitative estimate of drug-likeness (QED) is 0.667. The maximum absolute atomic E-state index is 5.71. The molecule has 1 aliphatic rings. The van der Waals surface area contributed by atoms with Crippen LogP contribution < -0.4 is 15.0 Å². The molecule has 0 spiro atoms. The Kier molecular flexibility index (Phi) is 4.61. The van der Waals surface area contributed by atoms with Gasteiger partial charge in [-0.1, -0.05) is 6.07 Å². The average molecular weight is 382 g/mol. The molecule has 3 heterocycles. The summed E-state index contributed by atoms with van der Waals surface area (Å²) in [5, 5.41) is 4.19. The highest BCUT2D eigenvalue weighted by atomic mass is 32.1. The van der Waals surface area contributed by atoms with Crippen molar-refractivity contribution in [2.75, 3.05) is 12.0 Å². The summed E-state index contributed by atoms with van der Waals surface area (Å²) in [5.41, 5.74) is 2.03. The highest BCUT2D eigenvalue weighted by molar-refractivity contribution is 7.80. The van der Waals surface area contributed by atoms with E-state index >= 15 is 0 Å². The van der Waals surface area contributed by atoms with Gasteiger partial charge in [-0.05, 0) is 67.7 Å². The second-order valence-corrected chi connectivity index (χ2v) is 7.85. The number of anilines is 1. The molecule has 4 nitrogen and oxygen atoms in total. The van der Waals surface area contributed by atoms with E-state index in [0.717, 1.165) is 17.1 Å². The molecule has 4 rings (SSSR count). The van der Waals surface area contributed by atoms with E-state index in [1.807, 2.05) is 48.7 Å². The van der Waals surface area contributed by atoms with Crippen molar-refractivity contribution >= 4 is 34.4 Å². The minimum absolute atomic E-state index is 0.00357. The maximum atomic E-state index is 5.71. The Morgan fingerprint density at radius 1 is 1.12 bits per heavy atom. The molecule has 1 aliphatic heterocycles. The van der Waals surface area contributed by atoms with Crippen molar-refractivity contribution in [1.29, 1.82) is 0 Å². The van der Waals surface area contributed by atoms with Gasteiger partial charge in [0.15, 0.2) is 5.11 Å². The van der Waals surface area contributed by atoms with E-state index in [4.69, 9.17) is 17.0 Å². The summed E-state index contributed by atoms with van der Waals surface area (Å²) in [7, 11) is 1.67. The van der Waals surface area contributed by atoms with Gasteiger partial charge in [0.1, 0.15) is 5.75 Å². The van der Waals surface area contributed by atoms with Gasteiger partial charge in [0, 0.05) is 21.6 Å². The number of nitrogens with zero attached hydrogens (tertiary/aromatic N) is 2. The first-order valence-electron chi connectivity index (χ1n) is 8.38. The van der Waals surface area contributed by atoms with Gasteiger partial charge >= 0.3 is 0 Å². The van der Waals surface area contributed by atoms with Crippen LogP contribution in [-0.2, 0) is 0 Å². The summed E-state index contributed by atoms with van der Waals surface area (Å²) in [6.07, 6.45) is 1.83. The Labute approximate surface area is 162 Å². The Balaban J connectivity index is 1.79. The van der Waals surface area contributed by atoms with Gasteiger partial charge in [0.25, 0.3) is 0 Å². The zero-order valence-electron chi connectivity index (χ0n) is 14.5. The first kappa shape index (κ1) is 17.0. The lowest BCUT2D eigenvalue weighted by Gasteiger charge is -2.27. The molecule has 1 fully saturated rings. The lowest BCUT2D eigenvalue weighted by molar-refractivity contribution is 0.415. The molecule has 1 saturated heterocycles. The standard InChI is InChI=1S/C20H19N3OS2/c1-13-6-11-17(26-13)19-18(16-5-3-4-12-21-16)22-20(25)23(19)14-7-9-15(24-2)10-8-14/h3-12,18-19H,1-2H3,(H,22,25). The third-order valence-electron chi connectivity index (χ3n) is 4.50. The van der Waals surface area contributed by atoms with Crippen LogP contribution in [0.3, 0.4) is 0 Å². The molecule has 0 saturated carbocycles. The monoisotopic (exact) mass is 381 g/mol. The number of pyridine rings is 1. The van der Waals surface area contributed by atoms with E-state index in [0.29, 0.717) is 5.11 Å². The molecule has 0 radical (unpaired) electrons. The molecule has 2 aromatic heterocycles. The van der Waals surface area contributed by atoms with Crippen LogP contribution in [0.15, 0.2) is 60.8 Å². The van der Waals surface area contributed by atoms with Crippen LogP contribution in [0.4, 0.5) is 5.69 Å². The Bertz CT molecular complexity index is 908. The third kappa shape index (κ3) is 3.06. The van der Waals surface area contributed by atoms with Crippen LogP contribution in [-0.4, -0.2) is 17.2 Å². The number of methoxy groups -OCH3 is 1. The molecule has 2 unspecified atom stereocenters. The molecular formula is C20H19N3OS2. The molecule has 0 aliphatic carbocycles. The fourth-order valence-electron chi connectivity index (χ4n) is 3.28. The predicted molar refractivity (Wildman–Crippen MR) is 110 cm³/mol. The van der Waals surface area contributed by atoms with Crippen LogP contribution in [0, 0.1) is 6.92 Å². The van der Waals surface area contributed by atoms with E-state index in [2.05, 4.69) is 34.3 Å². The zero-order chi connectivity index (χ0) is 18.1. The molecule has 3 aromatic rings. The van der Waals surface area contributed by atoms with E-state index in [1.54, 1.807) is 18.4 Å². The van der Waals surface area contributed by atoms with Gasteiger partial charge in [-0.2, -0.15) is 0 Å². The molecule has 2 atom stereocenters. The van der Waals surface area contributed by atoms with Crippen LogP contribution in [0.5, 0.6) is 5.75 Å². The van der Waals surface area contributed by atoms with E-state index < -0.39 is 0 Å². The largest absolute Gasteiger partial charge is 0.497 e. The number of aromatic nitrogens is 1. The molecule has 26 heavy (non-hydrogen) atoms. The normalized spacial score (nSPS) is 19.5. The van der Waals surface area contributed by atoms with Crippen molar-refractivity contribution in [3.05, 3.63) is 76.2 Å². The first-order chi connectivity index (χ1) is 12.7. The Morgan fingerprint density at radius 2 is 1.92 bits per heavy atom. The van der Waals surface area contributed by atoms with Crippen LogP contribution in [0.2, 0.25) is 0 Å². The number of hydrogen-bond acceptors (Lipinski definition) is 4. The summed E-state index contributed by atoms with van der Waals surface area (Å²) in [5.74, 6) is 0.830. The molecule has 1 aromatic carbocycles. The van der Waals surface area contributed by atoms with E-state index in [-0.39, 0.29) is 12.1 Å². The number of rotatable bonds is 4. The topological polar surface area (TPSA) is 37.4 Å². The molecule has 0 bridgehead atoms. The summed E-state index contributed by atoms with van der Waals surface area (Å²) in [6, 6.07) is 18.4. The number of thiophene rings is 1. The van der Waals surface area contributed by atoms with Gasteiger partial charge in [-0.3, -0.25) is 4.98 Å². The molecule has 6 heteroatoms. The van der Waals surface area contributed by atoms with Gasteiger partial charge in [0.2, 0.25) is 0 Å². The average Bonchev–Trinajstić information content (AvgIpc) is 3.25. The van der Waals surface area contributed by atoms with Crippen molar-refractivity contribution < 1.29 is 4.74 Å². The number of hydrogen-bond donors (Lipinski definition) is 1.